The molecule has 0 aliphatic rings. The summed E-state index contributed by atoms with van der Waals surface area (Å²) in [6, 6.07) is 8.52. The van der Waals surface area contributed by atoms with Gasteiger partial charge in [0.15, 0.2) is 0 Å². The van der Waals surface area contributed by atoms with Crippen molar-refractivity contribution in [1.29, 1.82) is 0 Å². The molecular weight excluding hydrogens is 266 g/mol. The van der Waals surface area contributed by atoms with Crippen molar-refractivity contribution in [2.45, 2.75) is 26.8 Å². The molecule has 0 radical (unpaired) electrons. The molecule has 0 aliphatic heterocycles. The van der Waals surface area contributed by atoms with Crippen LogP contribution >= 0.6 is 0 Å². The lowest BCUT2D eigenvalue weighted by molar-refractivity contribution is 0.0954. The summed E-state index contributed by atoms with van der Waals surface area (Å²) in [5.74, 6) is -0.307. The summed E-state index contributed by atoms with van der Waals surface area (Å²) in [4.78, 5) is 11.8. The standard InChI is InChI=1S/C16H19N3O2/c1-11(2)19-10-13(7-12(19)3)9-17-18-16(21)14-5-4-6-15(20)8-14/h4-11,20H,1-3H3,(H,18,21)/b17-9+. The number of carbonyl (C=O) groups excluding carboxylic acids is 1. The number of nitrogens with one attached hydrogen (secondary N) is 1. The molecule has 0 unspecified atom stereocenters. The van der Waals surface area contributed by atoms with Crippen molar-refractivity contribution in [3.63, 3.8) is 0 Å². The van der Waals surface area contributed by atoms with E-state index in [1.54, 1.807) is 18.3 Å². The Morgan fingerprint density at radius 2 is 2.14 bits per heavy atom. The molecule has 0 saturated carbocycles. The Labute approximate surface area is 123 Å². The molecular formula is C16H19N3O2. The zero-order valence-corrected chi connectivity index (χ0v) is 12.4. The summed E-state index contributed by atoms with van der Waals surface area (Å²) in [5, 5.41) is 13.3. The predicted octanol–water partition coefficient (Wildman–Crippen LogP) is 2.85. The highest BCUT2D eigenvalue weighted by Gasteiger charge is 2.05. The highest BCUT2D eigenvalue weighted by Crippen LogP contribution is 2.13. The molecule has 110 valence electrons. The first-order valence-corrected chi connectivity index (χ1v) is 6.78. The summed E-state index contributed by atoms with van der Waals surface area (Å²) < 4.78 is 2.14. The highest BCUT2D eigenvalue weighted by atomic mass is 16.3. The molecule has 1 aromatic heterocycles. The van der Waals surface area contributed by atoms with Gasteiger partial charge in [0, 0.05) is 29.1 Å². The minimum atomic E-state index is -0.359. The molecule has 1 heterocycles. The third-order valence-electron chi connectivity index (χ3n) is 3.12. The van der Waals surface area contributed by atoms with Crippen LogP contribution in [-0.4, -0.2) is 21.8 Å². The Morgan fingerprint density at radius 1 is 1.38 bits per heavy atom. The molecule has 1 amide bonds. The zero-order chi connectivity index (χ0) is 15.4. The van der Waals surface area contributed by atoms with Crippen LogP contribution in [0, 0.1) is 6.92 Å². The van der Waals surface area contributed by atoms with Crippen molar-refractivity contribution in [2.75, 3.05) is 0 Å². The number of carbonyl (C=O) groups is 1. The number of aromatic nitrogens is 1. The van der Waals surface area contributed by atoms with Crippen molar-refractivity contribution in [2.24, 2.45) is 5.10 Å². The second-order valence-corrected chi connectivity index (χ2v) is 5.17. The molecule has 21 heavy (non-hydrogen) atoms. The maximum Gasteiger partial charge on any atom is 0.271 e. The van der Waals surface area contributed by atoms with Crippen LogP contribution in [0.25, 0.3) is 0 Å². The number of phenols is 1. The van der Waals surface area contributed by atoms with Gasteiger partial charge in [0.05, 0.1) is 6.21 Å². The smallest absolute Gasteiger partial charge is 0.271 e. The molecule has 2 aromatic rings. The van der Waals surface area contributed by atoms with Gasteiger partial charge in [-0.2, -0.15) is 5.10 Å². The van der Waals surface area contributed by atoms with Crippen LogP contribution in [0.5, 0.6) is 5.75 Å². The molecule has 0 fully saturated rings. The van der Waals surface area contributed by atoms with Gasteiger partial charge in [-0.05, 0) is 45.0 Å². The van der Waals surface area contributed by atoms with Crippen molar-refractivity contribution in [3.8, 4) is 5.75 Å². The van der Waals surface area contributed by atoms with Crippen molar-refractivity contribution >= 4 is 12.1 Å². The Bertz CT molecular complexity index is 672. The Kier molecular flexibility index (Phi) is 4.42. The number of phenolic OH excluding ortho intramolecular Hbond substituents is 1. The molecule has 0 atom stereocenters. The quantitative estimate of drug-likeness (QED) is 0.670. The van der Waals surface area contributed by atoms with Crippen LogP contribution in [0.15, 0.2) is 41.6 Å². The van der Waals surface area contributed by atoms with Gasteiger partial charge in [-0.3, -0.25) is 4.79 Å². The summed E-state index contributed by atoms with van der Waals surface area (Å²) in [6.07, 6.45) is 3.59. The number of hydrogen-bond donors (Lipinski definition) is 2. The molecule has 0 aliphatic carbocycles. The van der Waals surface area contributed by atoms with E-state index in [0.29, 0.717) is 11.6 Å². The monoisotopic (exact) mass is 285 g/mol. The average molecular weight is 285 g/mol. The fourth-order valence-corrected chi connectivity index (χ4v) is 2.12. The third-order valence-corrected chi connectivity index (χ3v) is 3.12. The average Bonchev–Trinajstić information content (AvgIpc) is 2.80. The lowest BCUT2D eigenvalue weighted by Gasteiger charge is -2.08. The van der Waals surface area contributed by atoms with E-state index in [2.05, 4.69) is 28.9 Å². The summed E-state index contributed by atoms with van der Waals surface area (Å²) in [7, 11) is 0. The van der Waals surface area contributed by atoms with Crippen LogP contribution < -0.4 is 5.43 Å². The predicted molar refractivity (Wildman–Crippen MR) is 82.7 cm³/mol. The van der Waals surface area contributed by atoms with E-state index in [4.69, 9.17) is 0 Å². The van der Waals surface area contributed by atoms with Gasteiger partial charge >= 0.3 is 0 Å². The summed E-state index contributed by atoms with van der Waals surface area (Å²) in [6.45, 7) is 6.25. The van der Waals surface area contributed by atoms with Gasteiger partial charge in [-0.15, -0.1) is 0 Å². The normalized spacial score (nSPS) is 11.2. The molecule has 0 bridgehead atoms. The second-order valence-electron chi connectivity index (χ2n) is 5.17. The summed E-state index contributed by atoms with van der Waals surface area (Å²) >= 11 is 0. The fourth-order valence-electron chi connectivity index (χ4n) is 2.12. The Balaban J connectivity index is 2.02. The van der Waals surface area contributed by atoms with E-state index in [9.17, 15) is 9.90 Å². The molecule has 2 rings (SSSR count). The maximum atomic E-state index is 11.8. The second kappa shape index (κ2) is 6.26. The molecule has 5 heteroatoms. The van der Waals surface area contributed by atoms with Gasteiger partial charge in [0.25, 0.3) is 5.91 Å². The van der Waals surface area contributed by atoms with Crippen LogP contribution in [-0.2, 0) is 0 Å². The van der Waals surface area contributed by atoms with Gasteiger partial charge in [-0.25, -0.2) is 5.43 Å². The van der Waals surface area contributed by atoms with E-state index < -0.39 is 0 Å². The van der Waals surface area contributed by atoms with Gasteiger partial charge in [0.1, 0.15) is 5.75 Å². The molecule has 0 saturated heterocycles. The Hall–Kier alpha value is -2.56. The SMILES string of the molecule is Cc1cc(/C=N/NC(=O)c2cccc(O)c2)cn1C(C)C. The number of rotatable bonds is 4. The van der Waals surface area contributed by atoms with Gasteiger partial charge < -0.3 is 9.67 Å². The van der Waals surface area contributed by atoms with E-state index in [-0.39, 0.29) is 11.7 Å². The minimum Gasteiger partial charge on any atom is -0.508 e. The lowest BCUT2D eigenvalue weighted by Crippen LogP contribution is -2.17. The number of hydrazone groups is 1. The van der Waals surface area contributed by atoms with E-state index >= 15 is 0 Å². The Morgan fingerprint density at radius 3 is 2.76 bits per heavy atom. The van der Waals surface area contributed by atoms with E-state index in [0.717, 1.165) is 11.3 Å². The van der Waals surface area contributed by atoms with Gasteiger partial charge in [0.2, 0.25) is 0 Å². The van der Waals surface area contributed by atoms with Gasteiger partial charge in [-0.1, -0.05) is 6.07 Å². The first kappa shape index (κ1) is 14.8. The number of aromatic hydroxyl groups is 1. The highest BCUT2D eigenvalue weighted by molar-refractivity contribution is 5.95. The molecule has 2 N–H and O–H groups in total. The first-order valence-electron chi connectivity index (χ1n) is 6.78. The third kappa shape index (κ3) is 3.72. The van der Waals surface area contributed by atoms with Crippen LogP contribution in [0.4, 0.5) is 0 Å². The molecule has 1 aromatic carbocycles. The largest absolute Gasteiger partial charge is 0.508 e. The summed E-state index contributed by atoms with van der Waals surface area (Å²) in [5.41, 5.74) is 4.88. The fraction of sp³-hybridized carbons (Fsp3) is 0.250. The lowest BCUT2D eigenvalue weighted by atomic mass is 10.2. The molecule has 0 spiro atoms. The van der Waals surface area contributed by atoms with Crippen molar-refractivity contribution < 1.29 is 9.90 Å². The number of nitrogens with zero attached hydrogens (tertiary/aromatic N) is 2. The number of benzene rings is 1. The van der Waals surface area contributed by atoms with Crippen LogP contribution in [0.2, 0.25) is 0 Å². The maximum absolute atomic E-state index is 11.8. The van der Waals surface area contributed by atoms with E-state index in [1.165, 1.54) is 12.1 Å². The minimum absolute atomic E-state index is 0.0521. The topological polar surface area (TPSA) is 66.6 Å². The molecule has 5 nitrogen and oxygen atoms in total. The van der Waals surface area contributed by atoms with Crippen LogP contribution in [0.3, 0.4) is 0 Å². The van der Waals surface area contributed by atoms with E-state index in [1.807, 2.05) is 19.2 Å². The number of amides is 1. The number of hydrogen-bond acceptors (Lipinski definition) is 3. The number of aryl methyl sites for hydroxylation is 1. The first-order chi connectivity index (χ1) is 9.97. The van der Waals surface area contributed by atoms with Crippen molar-refractivity contribution in [1.82, 2.24) is 9.99 Å². The van der Waals surface area contributed by atoms with Crippen LogP contribution in [0.1, 0.15) is 41.5 Å². The zero-order valence-electron chi connectivity index (χ0n) is 12.4. The van der Waals surface area contributed by atoms with Crippen molar-refractivity contribution in [3.05, 3.63) is 53.3 Å².